The number of hydrogen-bond donors (Lipinski definition) is 0. The van der Waals surface area contributed by atoms with Gasteiger partial charge in [0.1, 0.15) is 16.7 Å². The third-order valence-electron chi connectivity index (χ3n) is 5.30. The van der Waals surface area contributed by atoms with Crippen molar-refractivity contribution in [1.29, 1.82) is 0 Å². The molecule has 4 rings (SSSR count). The molecule has 1 saturated carbocycles. The van der Waals surface area contributed by atoms with Gasteiger partial charge in [-0.15, -0.1) is 11.3 Å². The fourth-order valence-corrected chi connectivity index (χ4v) is 4.33. The number of thiazole rings is 1. The lowest BCUT2D eigenvalue weighted by Crippen LogP contribution is -2.49. The van der Waals surface area contributed by atoms with Gasteiger partial charge in [0.15, 0.2) is 0 Å². The number of nitrogens with zero attached hydrogens (tertiary/aromatic N) is 4. The van der Waals surface area contributed by atoms with Gasteiger partial charge in [0.25, 0.3) is 0 Å². The molecule has 0 radical (unpaired) electrons. The van der Waals surface area contributed by atoms with Crippen molar-refractivity contribution in [2.24, 2.45) is 5.92 Å². The Balaban J connectivity index is 1.29. The highest BCUT2D eigenvalue weighted by Crippen LogP contribution is 2.35. The average Bonchev–Trinajstić information content (AvgIpc) is 3.40. The number of benzene rings is 1. The largest absolute Gasteiger partial charge is 0.497 e. The van der Waals surface area contributed by atoms with Gasteiger partial charge in [-0.2, -0.15) is 0 Å². The molecule has 0 spiro atoms. The van der Waals surface area contributed by atoms with Crippen LogP contribution in [0, 0.1) is 16.0 Å². The van der Waals surface area contributed by atoms with Gasteiger partial charge in [-0.05, 0) is 24.3 Å². The summed E-state index contributed by atoms with van der Waals surface area (Å²) >= 11 is 1.62. The van der Waals surface area contributed by atoms with Crippen LogP contribution in [0.1, 0.15) is 12.1 Å². The van der Waals surface area contributed by atoms with E-state index < -0.39 is 12.0 Å². The number of amides is 1. The van der Waals surface area contributed by atoms with Crippen LogP contribution in [0.15, 0.2) is 29.6 Å². The second kappa shape index (κ2) is 7.84. The molecule has 2 aliphatic rings. The van der Waals surface area contributed by atoms with Crippen LogP contribution >= 0.6 is 11.3 Å². The molecule has 2 unspecified atom stereocenters. The summed E-state index contributed by atoms with van der Waals surface area (Å²) in [6.07, 6.45) is 0.388. The molecule has 1 amide bonds. The topological polar surface area (TPSA) is 88.8 Å². The molecule has 0 N–H and O–H groups in total. The molecule has 2 fully saturated rings. The van der Waals surface area contributed by atoms with Crippen LogP contribution in [0.25, 0.3) is 10.6 Å². The number of aromatic nitrogens is 1. The summed E-state index contributed by atoms with van der Waals surface area (Å²) in [4.78, 5) is 31.5. The highest BCUT2D eigenvalue weighted by Gasteiger charge is 2.54. The van der Waals surface area contributed by atoms with E-state index in [9.17, 15) is 14.9 Å². The Hall–Kier alpha value is -2.52. The minimum Gasteiger partial charge on any atom is -0.497 e. The number of ether oxygens (including phenoxy) is 1. The standard InChI is InChI=1S/C19H22N4O4S/c1-27-15-4-2-13(3-5-15)18-20-14(12-28-18)11-21-6-8-22(9-7-21)19(24)16-10-17(16)23(25)26/h2-5,12,16-17H,6-11H2,1H3. The first-order valence-corrected chi connectivity index (χ1v) is 10.2. The number of carbonyl (C=O) groups is 1. The Labute approximate surface area is 166 Å². The highest BCUT2D eigenvalue weighted by atomic mass is 32.1. The molecule has 0 bridgehead atoms. The third-order valence-corrected chi connectivity index (χ3v) is 6.24. The molecular formula is C19H22N4O4S. The zero-order valence-corrected chi connectivity index (χ0v) is 16.4. The summed E-state index contributed by atoms with van der Waals surface area (Å²) < 4.78 is 5.19. The highest BCUT2D eigenvalue weighted by molar-refractivity contribution is 7.13. The summed E-state index contributed by atoms with van der Waals surface area (Å²) in [6, 6.07) is 7.19. The first-order valence-electron chi connectivity index (χ1n) is 9.28. The van der Waals surface area contributed by atoms with E-state index in [0.29, 0.717) is 19.5 Å². The number of piperazine rings is 1. The lowest BCUT2D eigenvalue weighted by molar-refractivity contribution is -0.497. The Morgan fingerprint density at radius 3 is 2.61 bits per heavy atom. The summed E-state index contributed by atoms with van der Waals surface area (Å²) in [7, 11) is 1.65. The SMILES string of the molecule is COc1ccc(-c2nc(CN3CCN(C(=O)C4CC4[N+](=O)[O-])CC3)cs2)cc1. The van der Waals surface area contributed by atoms with Gasteiger partial charge >= 0.3 is 0 Å². The van der Waals surface area contributed by atoms with E-state index in [1.807, 2.05) is 24.3 Å². The normalized spacial score (nSPS) is 22.1. The fraction of sp³-hybridized carbons (Fsp3) is 0.474. The van der Waals surface area contributed by atoms with Crippen LogP contribution in [0.3, 0.4) is 0 Å². The number of carbonyl (C=O) groups excluding carboxylic acids is 1. The van der Waals surface area contributed by atoms with Gasteiger partial charge in [0, 0.05) is 55.0 Å². The zero-order chi connectivity index (χ0) is 19.7. The van der Waals surface area contributed by atoms with Crippen molar-refractivity contribution in [3.05, 3.63) is 45.5 Å². The predicted molar refractivity (Wildman–Crippen MR) is 105 cm³/mol. The Bertz CT molecular complexity index is 861. The predicted octanol–water partition coefficient (Wildman–Crippen LogP) is 2.13. The summed E-state index contributed by atoms with van der Waals surface area (Å²) in [5.74, 6) is 0.354. The third kappa shape index (κ3) is 4.00. The van der Waals surface area contributed by atoms with Gasteiger partial charge in [0.2, 0.25) is 11.9 Å². The van der Waals surface area contributed by atoms with E-state index in [-0.39, 0.29) is 10.8 Å². The maximum atomic E-state index is 12.3. The first kappa shape index (κ1) is 18.8. The van der Waals surface area contributed by atoms with Crippen molar-refractivity contribution in [3.63, 3.8) is 0 Å². The molecule has 2 heterocycles. The Morgan fingerprint density at radius 2 is 2.00 bits per heavy atom. The molecule has 148 valence electrons. The molecule has 2 atom stereocenters. The fourth-order valence-electron chi connectivity index (χ4n) is 3.52. The molecule has 8 nitrogen and oxygen atoms in total. The number of hydrogen-bond acceptors (Lipinski definition) is 7. The second-order valence-corrected chi connectivity index (χ2v) is 8.03. The van der Waals surface area contributed by atoms with Crippen LogP contribution in [0.5, 0.6) is 5.75 Å². The lowest BCUT2D eigenvalue weighted by atomic mass is 10.2. The Kier molecular flexibility index (Phi) is 5.27. The molecule has 2 aromatic rings. The lowest BCUT2D eigenvalue weighted by Gasteiger charge is -2.34. The summed E-state index contributed by atoms with van der Waals surface area (Å²) in [5, 5.41) is 13.8. The van der Waals surface area contributed by atoms with Gasteiger partial charge in [-0.1, -0.05) is 0 Å². The van der Waals surface area contributed by atoms with E-state index in [2.05, 4.69) is 10.3 Å². The van der Waals surface area contributed by atoms with Crippen molar-refractivity contribution in [2.75, 3.05) is 33.3 Å². The first-order chi connectivity index (χ1) is 13.5. The van der Waals surface area contributed by atoms with E-state index in [0.717, 1.165) is 41.6 Å². The van der Waals surface area contributed by atoms with Gasteiger partial charge in [-0.25, -0.2) is 4.98 Å². The van der Waals surface area contributed by atoms with Crippen LogP contribution < -0.4 is 4.74 Å². The second-order valence-electron chi connectivity index (χ2n) is 7.17. The number of methoxy groups -OCH3 is 1. The molecule has 1 aromatic carbocycles. The van der Waals surface area contributed by atoms with E-state index in [1.54, 1.807) is 23.3 Å². The molecule has 1 saturated heterocycles. The van der Waals surface area contributed by atoms with E-state index in [1.165, 1.54) is 0 Å². The molecule has 9 heteroatoms. The van der Waals surface area contributed by atoms with Gasteiger partial charge < -0.3 is 9.64 Å². The van der Waals surface area contributed by atoms with Crippen LogP contribution in [0.2, 0.25) is 0 Å². The molecule has 1 aliphatic carbocycles. The molecular weight excluding hydrogens is 380 g/mol. The van der Waals surface area contributed by atoms with Crippen LogP contribution in [0.4, 0.5) is 0 Å². The van der Waals surface area contributed by atoms with Gasteiger partial charge in [0.05, 0.1) is 12.8 Å². The van der Waals surface area contributed by atoms with E-state index >= 15 is 0 Å². The van der Waals surface area contributed by atoms with Crippen molar-refractivity contribution < 1.29 is 14.5 Å². The molecule has 1 aliphatic heterocycles. The summed E-state index contributed by atoms with van der Waals surface area (Å²) in [5.41, 5.74) is 2.09. The smallest absolute Gasteiger partial charge is 0.232 e. The van der Waals surface area contributed by atoms with Crippen LogP contribution in [-0.2, 0) is 11.3 Å². The average molecular weight is 402 g/mol. The van der Waals surface area contributed by atoms with Crippen molar-refractivity contribution in [1.82, 2.24) is 14.8 Å². The number of rotatable bonds is 6. The zero-order valence-electron chi connectivity index (χ0n) is 15.6. The van der Waals surface area contributed by atoms with E-state index in [4.69, 9.17) is 9.72 Å². The minimum absolute atomic E-state index is 0.0585. The maximum absolute atomic E-state index is 12.3. The molecule has 1 aromatic heterocycles. The maximum Gasteiger partial charge on any atom is 0.232 e. The van der Waals surface area contributed by atoms with Crippen molar-refractivity contribution in [3.8, 4) is 16.3 Å². The number of nitro groups is 1. The van der Waals surface area contributed by atoms with Crippen molar-refractivity contribution in [2.45, 2.75) is 19.0 Å². The minimum atomic E-state index is -0.670. The monoisotopic (exact) mass is 402 g/mol. The Morgan fingerprint density at radius 1 is 1.29 bits per heavy atom. The van der Waals surface area contributed by atoms with Gasteiger partial charge in [-0.3, -0.25) is 19.8 Å². The summed E-state index contributed by atoms with van der Waals surface area (Å²) in [6.45, 7) is 3.51. The molecule has 28 heavy (non-hydrogen) atoms. The van der Waals surface area contributed by atoms with Crippen molar-refractivity contribution >= 4 is 17.2 Å². The van der Waals surface area contributed by atoms with Crippen LogP contribution in [-0.4, -0.2) is 64.9 Å². The quantitative estimate of drug-likeness (QED) is 0.543.